The fraction of sp³-hybridized carbons (Fsp3) is 0.923. The highest BCUT2D eigenvalue weighted by Crippen LogP contribution is 2.19. The molecular formula is C26H50O5. The van der Waals surface area contributed by atoms with E-state index in [1.807, 2.05) is 0 Å². The molecule has 184 valence electrons. The summed E-state index contributed by atoms with van der Waals surface area (Å²) in [6, 6.07) is 0. The second-order valence-corrected chi connectivity index (χ2v) is 9.23. The van der Waals surface area contributed by atoms with Gasteiger partial charge in [-0.15, -0.1) is 0 Å². The molecule has 0 aliphatic heterocycles. The highest BCUT2D eigenvalue weighted by Gasteiger charge is 2.33. The summed E-state index contributed by atoms with van der Waals surface area (Å²) in [5, 5.41) is 29.7. The fourth-order valence-electron chi connectivity index (χ4n) is 4.15. The van der Waals surface area contributed by atoms with Crippen LogP contribution in [0.1, 0.15) is 136 Å². The lowest BCUT2D eigenvalue weighted by Crippen LogP contribution is -2.36. The van der Waals surface area contributed by atoms with Gasteiger partial charge in [0.05, 0.1) is 12.2 Å². The number of carbonyl (C=O) groups excluding carboxylic acids is 1. The Balaban J connectivity index is 3.93. The maximum Gasteiger partial charge on any atom is 0.316 e. The van der Waals surface area contributed by atoms with Gasteiger partial charge in [-0.3, -0.25) is 9.59 Å². The van der Waals surface area contributed by atoms with E-state index in [1.165, 1.54) is 51.4 Å². The van der Waals surface area contributed by atoms with E-state index in [9.17, 15) is 24.9 Å². The molecule has 0 aromatic carbocycles. The molecule has 0 aliphatic carbocycles. The summed E-state index contributed by atoms with van der Waals surface area (Å²) in [4.78, 5) is 23.9. The minimum absolute atomic E-state index is 0.179. The molecule has 3 atom stereocenters. The maximum atomic E-state index is 12.4. The monoisotopic (exact) mass is 442 g/mol. The molecule has 0 radical (unpaired) electrons. The van der Waals surface area contributed by atoms with Crippen LogP contribution in [0.15, 0.2) is 0 Å². The number of carboxylic acid groups (broad SMARTS) is 1. The van der Waals surface area contributed by atoms with Crippen molar-refractivity contribution >= 4 is 11.8 Å². The number of hydrogen-bond donors (Lipinski definition) is 3. The number of Topliss-reactive ketones (excluding diaryl/α,β-unsaturated/α-hetero) is 1. The van der Waals surface area contributed by atoms with Crippen LogP contribution >= 0.6 is 0 Å². The third kappa shape index (κ3) is 17.3. The molecular weight excluding hydrogens is 392 g/mol. The Morgan fingerprint density at radius 2 is 1.00 bits per heavy atom. The molecule has 0 spiro atoms. The van der Waals surface area contributed by atoms with E-state index < -0.39 is 29.9 Å². The molecule has 0 heterocycles. The van der Waals surface area contributed by atoms with Crippen molar-refractivity contribution in [3.63, 3.8) is 0 Å². The number of aliphatic carboxylic acids is 1. The van der Waals surface area contributed by atoms with Crippen LogP contribution in [0.4, 0.5) is 0 Å². The Hall–Kier alpha value is -0.940. The van der Waals surface area contributed by atoms with Gasteiger partial charge in [0.25, 0.3) is 0 Å². The molecule has 0 aromatic rings. The summed E-state index contributed by atoms with van der Waals surface area (Å²) < 4.78 is 0. The molecule has 5 heteroatoms. The minimum atomic E-state index is -1.42. The van der Waals surface area contributed by atoms with E-state index in [-0.39, 0.29) is 6.42 Å². The summed E-state index contributed by atoms with van der Waals surface area (Å²) in [5.41, 5.74) is 0. The number of rotatable bonds is 23. The van der Waals surface area contributed by atoms with Crippen LogP contribution in [0.3, 0.4) is 0 Å². The van der Waals surface area contributed by atoms with Crippen LogP contribution in [-0.2, 0) is 9.59 Å². The molecule has 0 aliphatic rings. The molecule has 0 rings (SSSR count). The second-order valence-electron chi connectivity index (χ2n) is 9.23. The highest BCUT2D eigenvalue weighted by molar-refractivity contribution is 5.99. The van der Waals surface area contributed by atoms with Gasteiger partial charge in [0.2, 0.25) is 0 Å². The van der Waals surface area contributed by atoms with Gasteiger partial charge in [-0.25, -0.2) is 0 Å². The standard InChI is InChI=1S/C26H50O5/c1-3-5-7-9-10-11-12-13-14-16-17-19-22(27)21-24(29)25(26(30)31)23(28)20-18-15-8-6-4-2/h22-23,25,27-28H,3-21H2,1-2H3,(H,30,31). The van der Waals surface area contributed by atoms with E-state index in [1.54, 1.807) is 0 Å². The molecule has 0 bridgehead atoms. The quantitative estimate of drug-likeness (QED) is 0.125. The lowest BCUT2D eigenvalue weighted by molar-refractivity contribution is -0.151. The average molecular weight is 443 g/mol. The number of aliphatic hydroxyl groups is 2. The molecule has 3 N–H and O–H groups in total. The van der Waals surface area contributed by atoms with Crippen molar-refractivity contribution in [3.8, 4) is 0 Å². The fourth-order valence-corrected chi connectivity index (χ4v) is 4.15. The number of hydrogen-bond acceptors (Lipinski definition) is 4. The zero-order chi connectivity index (χ0) is 23.3. The third-order valence-corrected chi connectivity index (χ3v) is 6.18. The van der Waals surface area contributed by atoms with Crippen LogP contribution < -0.4 is 0 Å². The first kappa shape index (κ1) is 30.1. The Labute approximate surface area is 191 Å². The summed E-state index contributed by atoms with van der Waals surface area (Å²) in [6.45, 7) is 4.35. The molecule has 0 saturated carbocycles. The highest BCUT2D eigenvalue weighted by atomic mass is 16.4. The van der Waals surface area contributed by atoms with E-state index in [0.717, 1.165) is 51.4 Å². The van der Waals surface area contributed by atoms with Crippen LogP contribution in [0.2, 0.25) is 0 Å². The SMILES string of the molecule is CCCCCCCCCCCCCC(O)CC(=O)C(C(=O)O)C(O)CCCCCCC. The number of carboxylic acids is 1. The van der Waals surface area contributed by atoms with Crippen molar-refractivity contribution in [1.82, 2.24) is 0 Å². The van der Waals surface area contributed by atoms with Crippen molar-refractivity contribution in [1.29, 1.82) is 0 Å². The van der Waals surface area contributed by atoms with Crippen LogP contribution in [0.5, 0.6) is 0 Å². The molecule has 0 amide bonds. The summed E-state index contributed by atoms with van der Waals surface area (Å²) in [7, 11) is 0. The Bertz CT molecular complexity index is 438. The largest absolute Gasteiger partial charge is 0.481 e. The van der Waals surface area contributed by atoms with E-state index >= 15 is 0 Å². The summed E-state index contributed by atoms with van der Waals surface area (Å²) >= 11 is 0. The predicted molar refractivity (Wildman–Crippen MR) is 127 cm³/mol. The van der Waals surface area contributed by atoms with Gasteiger partial charge >= 0.3 is 5.97 Å². The van der Waals surface area contributed by atoms with E-state index in [0.29, 0.717) is 12.8 Å². The van der Waals surface area contributed by atoms with Crippen LogP contribution in [-0.4, -0.2) is 39.3 Å². The number of unbranched alkanes of at least 4 members (excludes halogenated alkanes) is 14. The zero-order valence-electron chi connectivity index (χ0n) is 20.3. The first-order valence-corrected chi connectivity index (χ1v) is 13.1. The molecule has 3 unspecified atom stereocenters. The van der Waals surface area contributed by atoms with Gasteiger partial charge in [-0.1, -0.05) is 117 Å². The van der Waals surface area contributed by atoms with Crippen LogP contribution in [0.25, 0.3) is 0 Å². The van der Waals surface area contributed by atoms with Gasteiger partial charge < -0.3 is 15.3 Å². The van der Waals surface area contributed by atoms with Crippen molar-refractivity contribution in [2.24, 2.45) is 5.92 Å². The van der Waals surface area contributed by atoms with Crippen LogP contribution in [0, 0.1) is 5.92 Å². The van der Waals surface area contributed by atoms with Gasteiger partial charge in [-0.2, -0.15) is 0 Å². The topological polar surface area (TPSA) is 94.8 Å². The van der Waals surface area contributed by atoms with Gasteiger partial charge in [0.1, 0.15) is 5.92 Å². The number of ketones is 1. The Morgan fingerprint density at radius 3 is 1.42 bits per heavy atom. The summed E-state index contributed by atoms with van der Waals surface area (Å²) in [5.74, 6) is -3.25. The van der Waals surface area contributed by atoms with Crippen molar-refractivity contribution < 1.29 is 24.9 Å². The van der Waals surface area contributed by atoms with Crippen molar-refractivity contribution in [3.05, 3.63) is 0 Å². The van der Waals surface area contributed by atoms with E-state index in [2.05, 4.69) is 13.8 Å². The zero-order valence-corrected chi connectivity index (χ0v) is 20.3. The molecule has 0 saturated heterocycles. The number of aliphatic hydroxyl groups excluding tert-OH is 2. The molecule has 5 nitrogen and oxygen atoms in total. The smallest absolute Gasteiger partial charge is 0.316 e. The lowest BCUT2D eigenvalue weighted by atomic mass is 9.89. The molecule has 0 aromatic heterocycles. The Kier molecular flexibility index (Phi) is 20.3. The van der Waals surface area contributed by atoms with Crippen molar-refractivity contribution in [2.75, 3.05) is 0 Å². The number of carbonyl (C=O) groups is 2. The summed E-state index contributed by atoms with van der Waals surface area (Å²) in [6.07, 6.45) is 17.1. The predicted octanol–water partition coefficient (Wildman–Crippen LogP) is 6.43. The van der Waals surface area contributed by atoms with Gasteiger partial charge in [-0.05, 0) is 12.8 Å². The second kappa shape index (κ2) is 20.9. The molecule has 0 fully saturated rings. The Morgan fingerprint density at radius 1 is 0.613 bits per heavy atom. The average Bonchev–Trinajstić information content (AvgIpc) is 2.71. The van der Waals surface area contributed by atoms with Gasteiger partial charge in [0.15, 0.2) is 5.78 Å². The van der Waals surface area contributed by atoms with E-state index in [4.69, 9.17) is 0 Å². The third-order valence-electron chi connectivity index (χ3n) is 6.18. The van der Waals surface area contributed by atoms with Crippen molar-refractivity contribution in [2.45, 2.75) is 148 Å². The normalized spacial score (nSPS) is 14.3. The first-order valence-electron chi connectivity index (χ1n) is 13.1. The molecule has 31 heavy (non-hydrogen) atoms. The van der Waals surface area contributed by atoms with Gasteiger partial charge in [0, 0.05) is 6.42 Å². The minimum Gasteiger partial charge on any atom is -0.481 e. The first-order chi connectivity index (χ1) is 14.9. The lowest BCUT2D eigenvalue weighted by Gasteiger charge is -2.19. The maximum absolute atomic E-state index is 12.4.